The van der Waals surface area contributed by atoms with E-state index in [0.717, 1.165) is 4.68 Å². The van der Waals surface area contributed by atoms with Gasteiger partial charge in [-0.15, -0.1) is 0 Å². The number of benzene rings is 1. The van der Waals surface area contributed by atoms with Crippen LogP contribution < -0.4 is 21.8 Å². The summed E-state index contributed by atoms with van der Waals surface area (Å²) < 4.78 is 6.00. The lowest BCUT2D eigenvalue weighted by Crippen LogP contribution is -2.32. The Morgan fingerprint density at radius 2 is 2.00 bits per heavy atom. The first kappa shape index (κ1) is 20.0. The van der Waals surface area contributed by atoms with Crippen molar-refractivity contribution in [3.05, 3.63) is 44.5 Å². The van der Waals surface area contributed by atoms with Gasteiger partial charge in [-0.25, -0.2) is 0 Å². The molecule has 1 aromatic heterocycles. The average molecular weight is 377 g/mol. The number of aromatic amines is 1. The highest BCUT2D eigenvalue weighted by Crippen LogP contribution is 2.31. The molecule has 146 valence electrons. The van der Waals surface area contributed by atoms with Crippen LogP contribution in [0.25, 0.3) is 0 Å². The third kappa shape index (κ3) is 4.29. The Morgan fingerprint density at radius 1 is 1.30 bits per heavy atom. The Bertz CT molecular complexity index is 948. The number of methoxy groups -OCH3 is 1. The standard InChI is InChI=1S/C17H23N5O5/c1-21(2)16(25)10-6-5-7-11(14(10)23)19-12-13(18-8-9-27-4)17(26)22(3)20-15(12)24/h5-7,18-19,23H,8-9H2,1-4H3,(H,20,24). The number of carbonyl (C=O) groups excluding carboxylic acids is 1. The Balaban J connectivity index is 2.50. The van der Waals surface area contributed by atoms with E-state index in [-0.39, 0.29) is 28.4 Å². The third-order valence-electron chi connectivity index (χ3n) is 3.81. The van der Waals surface area contributed by atoms with Gasteiger partial charge in [-0.05, 0) is 12.1 Å². The van der Waals surface area contributed by atoms with Crippen molar-refractivity contribution in [1.29, 1.82) is 0 Å². The van der Waals surface area contributed by atoms with E-state index in [2.05, 4.69) is 15.7 Å². The summed E-state index contributed by atoms with van der Waals surface area (Å²) >= 11 is 0. The van der Waals surface area contributed by atoms with Crippen LogP contribution >= 0.6 is 0 Å². The zero-order valence-electron chi connectivity index (χ0n) is 15.6. The van der Waals surface area contributed by atoms with Gasteiger partial charge in [0.15, 0.2) is 5.75 Å². The van der Waals surface area contributed by atoms with E-state index < -0.39 is 17.0 Å². The van der Waals surface area contributed by atoms with Gasteiger partial charge in [0.05, 0.1) is 17.9 Å². The van der Waals surface area contributed by atoms with E-state index in [0.29, 0.717) is 13.2 Å². The molecule has 27 heavy (non-hydrogen) atoms. The van der Waals surface area contributed by atoms with Crippen LogP contribution in [-0.2, 0) is 11.8 Å². The molecule has 0 spiro atoms. The van der Waals surface area contributed by atoms with Crippen molar-refractivity contribution < 1.29 is 14.6 Å². The number of phenolic OH excluding ortho intramolecular Hbond substituents is 1. The van der Waals surface area contributed by atoms with Crippen molar-refractivity contribution in [1.82, 2.24) is 14.7 Å². The van der Waals surface area contributed by atoms with Crippen molar-refractivity contribution in [2.45, 2.75) is 0 Å². The van der Waals surface area contributed by atoms with Crippen molar-refractivity contribution in [2.24, 2.45) is 7.05 Å². The molecule has 2 rings (SSSR count). The van der Waals surface area contributed by atoms with Crippen LogP contribution in [0, 0.1) is 0 Å². The zero-order chi connectivity index (χ0) is 20.1. The number of hydrogen-bond donors (Lipinski definition) is 4. The number of carbonyl (C=O) groups is 1. The fraction of sp³-hybridized carbons (Fsp3) is 0.353. The number of amides is 1. The molecular weight excluding hydrogens is 354 g/mol. The Hall–Kier alpha value is -3.27. The molecule has 0 radical (unpaired) electrons. The van der Waals surface area contributed by atoms with Gasteiger partial charge in [0.1, 0.15) is 11.4 Å². The lowest BCUT2D eigenvalue weighted by atomic mass is 10.1. The number of H-pyrrole nitrogens is 1. The fourth-order valence-electron chi connectivity index (χ4n) is 2.40. The number of nitrogens with one attached hydrogen (secondary N) is 3. The number of aromatic hydroxyl groups is 1. The number of ether oxygens (including phenoxy) is 1. The largest absolute Gasteiger partial charge is 0.505 e. The first-order valence-electron chi connectivity index (χ1n) is 8.14. The lowest BCUT2D eigenvalue weighted by Gasteiger charge is -2.16. The van der Waals surface area contributed by atoms with Crippen molar-refractivity contribution >= 4 is 23.0 Å². The summed E-state index contributed by atoms with van der Waals surface area (Å²) in [5.41, 5.74) is -0.884. The minimum absolute atomic E-state index is 0.0297. The average Bonchev–Trinajstić information content (AvgIpc) is 2.62. The maximum atomic E-state index is 12.4. The molecule has 0 unspecified atom stereocenters. The number of rotatable bonds is 7. The summed E-state index contributed by atoms with van der Waals surface area (Å²) in [6.07, 6.45) is 0. The number of para-hydroxylation sites is 1. The molecule has 10 heteroatoms. The first-order valence-corrected chi connectivity index (χ1v) is 8.14. The number of aryl methyl sites for hydroxylation is 1. The van der Waals surface area contributed by atoms with Crippen molar-refractivity contribution in [3.8, 4) is 5.75 Å². The molecule has 4 N–H and O–H groups in total. The van der Waals surface area contributed by atoms with Gasteiger partial charge >= 0.3 is 0 Å². The molecule has 10 nitrogen and oxygen atoms in total. The summed E-state index contributed by atoms with van der Waals surface area (Å²) in [5, 5.41) is 18.5. The predicted octanol–water partition coefficient (Wildman–Crippen LogP) is 0.283. The minimum atomic E-state index is -0.569. The van der Waals surface area contributed by atoms with Crippen molar-refractivity contribution in [2.75, 3.05) is 45.0 Å². The zero-order valence-corrected chi connectivity index (χ0v) is 15.6. The van der Waals surface area contributed by atoms with Crippen LogP contribution in [0.3, 0.4) is 0 Å². The fourth-order valence-corrected chi connectivity index (χ4v) is 2.40. The van der Waals surface area contributed by atoms with Crippen molar-refractivity contribution in [3.63, 3.8) is 0 Å². The number of phenols is 1. The third-order valence-corrected chi connectivity index (χ3v) is 3.81. The van der Waals surface area contributed by atoms with Gasteiger partial charge < -0.3 is 25.4 Å². The van der Waals surface area contributed by atoms with Gasteiger partial charge in [0, 0.05) is 34.8 Å². The summed E-state index contributed by atoms with van der Waals surface area (Å²) in [5.74, 6) is -0.716. The second kappa shape index (κ2) is 8.41. The lowest BCUT2D eigenvalue weighted by molar-refractivity contribution is 0.0824. The molecule has 0 saturated carbocycles. The summed E-state index contributed by atoms with van der Waals surface area (Å²) in [4.78, 5) is 38.3. The molecular formula is C17H23N5O5. The maximum Gasteiger partial charge on any atom is 0.290 e. The van der Waals surface area contributed by atoms with E-state index in [1.807, 2.05) is 0 Å². The Labute approximate surface area is 155 Å². The summed E-state index contributed by atoms with van der Waals surface area (Å²) in [6.45, 7) is 0.627. The van der Waals surface area contributed by atoms with E-state index in [1.54, 1.807) is 20.2 Å². The molecule has 1 aromatic carbocycles. The van der Waals surface area contributed by atoms with Crippen LogP contribution in [0.4, 0.5) is 17.1 Å². The highest BCUT2D eigenvalue weighted by atomic mass is 16.5. The molecule has 2 aromatic rings. The van der Waals surface area contributed by atoms with Gasteiger partial charge in [-0.1, -0.05) is 6.07 Å². The van der Waals surface area contributed by atoms with Gasteiger partial charge in [0.2, 0.25) is 0 Å². The molecule has 0 fully saturated rings. The van der Waals surface area contributed by atoms with Crippen LogP contribution in [0.5, 0.6) is 5.75 Å². The predicted molar refractivity (Wildman–Crippen MR) is 102 cm³/mol. The summed E-state index contributed by atoms with van der Waals surface area (Å²) in [7, 11) is 6.06. The number of anilines is 3. The van der Waals surface area contributed by atoms with Crippen LogP contribution in [-0.4, -0.2) is 60.1 Å². The second-order valence-corrected chi connectivity index (χ2v) is 6.00. The Morgan fingerprint density at radius 3 is 2.63 bits per heavy atom. The van der Waals surface area contributed by atoms with Gasteiger partial charge in [-0.3, -0.25) is 24.2 Å². The molecule has 0 aliphatic rings. The van der Waals surface area contributed by atoms with E-state index in [9.17, 15) is 19.5 Å². The number of nitrogens with zero attached hydrogens (tertiary/aromatic N) is 2. The van der Waals surface area contributed by atoms with E-state index in [1.165, 1.54) is 31.2 Å². The van der Waals surface area contributed by atoms with Crippen LogP contribution in [0.15, 0.2) is 27.8 Å². The molecule has 0 saturated heterocycles. The van der Waals surface area contributed by atoms with E-state index >= 15 is 0 Å². The smallest absolute Gasteiger partial charge is 0.290 e. The molecule has 0 aliphatic heterocycles. The minimum Gasteiger partial charge on any atom is -0.505 e. The van der Waals surface area contributed by atoms with Crippen LogP contribution in [0.2, 0.25) is 0 Å². The molecule has 0 atom stereocenters. The summed E-state index contributed by atoms with van der Waals surface area (Å²) in [6, 6.07) is 4.53. The molecule has 0 bridgehead atoms. The SMILES string of the molecule is COCCNc1c(Nc2cccc(C(=O)N(C)C)c2O)c(=O)[nH]n(C)c1=O. The second-order valence-electron chi connectivity index (χ2n) is 6.00. The maximum absolute atomic E-state index is 12.4. The van der Waals surface area contributed by atoms with Gasteiger partial charge in [-0.2, -0.15) is 0 Å². The molecule has 1 amide bonds. The normalized spacial score (nSPS) is 10.5. The highest BCUT2D eigenvalue weighted by Gasteiger charge is 2.19. The Kier molecular flexibility index (Phi) is 6.24. The number of aromatic nitrogens is 2. The van der Waals surface area contributed by atoms with E-state index in [4.69, 9.17) is 4.74 Å². The highest BCUT2D eigenvalue weighted by molar-refractivity contribution is 5.98. The van der Waals surface area contributed by atoms with Gasteiger partial charge in [0.25, 0.3) is 17.0 Å². The van der Waals surface area contributed by atoms with Crippen LogP contribution in [0.1, 0.15) is 10.4 Å². The number of hydrogen-bond acceptors (Lipinski definition) is 7. The topological polar surface area (TPSA) is 129 Å². The monoisotopic (exact) mass is 377 g/mol. The molecule has 0 aliphatic carbocycles. The first-order chi connectivity index (χ1) is 12.8. The molecule has 1 heterocycles. The quantitative estimate of drug-likeness (QED) is 0.403.